The predicted octanol–water partition coefficient (Wildman–Crippen LogP) is 2.90. The summed E-state index contributed by atoms with van der Waals surface area (Å²) in [6, 6.07) is 7.86. The molecule has 2 rings (SSSR count). The van der Waals surface area contributed by atoms with E-state index in [0.717, 1.165) is 37.4 Å². The van der Waals surface area contributed by atoms with Gasteiger partial charge in [-0.3, -0.25) is 0 Å². The van der Waals surface area contributed by atoms with Crippen molar-refractivity contribution < 1.29 is 4.39 Å². The third-order valence-corrected chi connectivity index (χ3v) is 2.84. The van der Waals surface area contributed by atoms with E-state index in [2.05, 4.69) is 5.32 Å². The molecule has 1 aromatic carbocycles. The van der Waals surface area contributed by atoms with Crippen LogP contribution in [0.2, 0.25) is 0 Å². The van der Waals surface area contributed by atoms with Gasteiger partial charge in [-0.1, -0.05) is 18.2 Å². The number of hydrogen-bond acceptors (Lipinski definition) is 1. The summed E-state index contributed by atoms with van der Waals surface area (Å²) >= 11 is 0. The van der Waals surface area contributed by atoms with E-state index in [0.29, 0.717) is 0 Å². The first-order valence-electron chi connectivity index (χ1n) is 5.83. The van der Waals surface area contributed by atoms with Gasteiger partial charge in [0.15, 0.2) is 0 Å². The molecule has 1 nitrogen and oxygen atoms in total. The molecule has 1 N–H and O–H groups in total. The van der Waals surface area contributed by atoms with E-state index in [-0.39, 0.29) is 5.82 Å². The quantitative estimate of drug-likeness (QED) is 0.707. The summed E-state index contributed by atoms with van der Waals surface area (Å²) in [5, 5.41) is 3.46. The Hall–Kier alpha value is -0.890. The standard InChI is InChI=1S/C13H18FN/c14-13-7-2-1-5-11(13)6-3-4-10-15-12-8-9-12/h1-2,5,7,12,15H,3-4,6,8-10H2. The van der Waals surface area contributed by atoms with Crippen molar-refractivity contribution in [2.45, 2.75) is 38.1 Å². The van der Waals surface area contributed by atoms with Crippen molar-refractivity contribution in [2.75, 3.05) is 6.54 Å². The molecule has 1 aliphatic rings. The van der Waals surface area contributed by atoms with Crippen LogP contribution in [0.25, 0.3) is 0 Å². The Morgan fingerprint density at radius 1 is 1.20 bits per heavy atom. The van der Waals surface area contributed by atoms with Crippen LogP contribution in [0.3, 0.4) is 0 Å². The Kier molecular flexibility index (Phi) is 3.73. The molecule has 0 heterocycles. The highest BCUT2D eigenvalue weighted by atomic mass is 19.1. The molecular weight excluding hydrogens is 189 g/mol. The minimum Gasteiger partial charge on any atom is -0.314 e. The highest BCUT2D eigenvalue weighted by molar-refractivity contribution is 5.17. The van der Waals surface area contributed by atoms with Crippen LogP contribution >= 0.6 is 0 Å². The molecule has 1 saturated carbocycles. The van der Waals surface area contributed by atoms with E-state index >= 15 is 0 Å². The van der Waals surface area contributed by atoms with Gasteiger partial charge in [-0.15, -0.1) is 0 Å². The SMILES string of the molecule is Fc1ccccc1CCCCNC1CC1. The summed E-state index contributed by atoms with van der Waals surface area (Å²) < 4.78 is 13.2. The molecule has 0 saturated heterocycles. The average molecular weight is 207 g/mol. The topological polar surface area (TPSA) is 12.0 Å². The zero-order valence-corrected chi connectivity index (χ0v) is 9.01. The summed E-state index contributed by atoms with van der Waals surface area (Å²) in [6.45, 7) is 1.08. The fourth-order valence-electron chi connectivity index (χ4n) is 1.74. The molecule has 1 aromatic rings. The molecular formula is C13H18FN. The van der Waals surface area contributed by atoms with Gasteiger partial charge in [0.2, 0.25) is 0 Å². The molecule has 0 aromatic heterocycles. The number of unbranched alkanes of at least 4 members (excludes halogenated alkanes) is 1. The van der Waals surface area contributed by atoms with Crippen molar-refractivity contribution in [3.8, 4) is 0 Å². The van der Waals surface area contributed by atoms with Crippen LogP contribution in [0.4, 0.5) is 4.39 Å². The van der Waals surface area contributed by atoms with Gasteiger partial charge in [0.25, 0.3) is 0 Å². The molecule has 0 radical (unpaired) electrons. The second-order valence-corrected chi connectivity index (χ2v) is 4.28. The maximum atomic E-state index is 13.2. The van der Waals surface area contributed by atoms with E-state index in [4.69, 9.17) is 0 Å². The molecule has 82 valence electrons. The second kappa shape index (κ2) is 5.26. The molecule has 2 heteroatoms. The largest absolute Gasteiger partial charge is 0.314 e. The number of nitrogens with one attached hydrogen (secondary N) is 1. The van der Waals surface area contributed by atoms with Crippen LogP contribution in [0.15, 0.2) is 24.3 Å². The Balaban J connectivity index is 1.62. The summed E-state index contributed by atoms with van der Waals surface area (Å²) in [5.74, 6) is -0.0624. The number of halogens is 1. The highest BCUT2D eigenvalue weighted by Gasteiger charge is 2.19. The summed E-state index contributed by atoms with van der Waals surface area (Å²) in [5.41, 5.74) is 0.851. The molecule has 0 spiro atoms. The van der Waals surface area contributed by atoms with Gasteiger partial charge in [0, 0.05) is 6.04 Å². The monoisotopic (exact) mass is 207 g/mol. The molecule has 0 aliphatic heterocycles. The Morgan fingerprint density at radius 2 is 2.00 bits per heavy atom. The van der Waals surface area contributed by atoms with Crippen molar-refractivity contribution >= 4 is 0 Å². The van der Waals surface area contributed by atoms with Gasteiger partial charge < -0.3 is 5.32 Å². The second-order valence-electron chi connectivity index (χ2n) is 4.28. The zero-order valence-electron chi connectivity index (χ0n) is 9.01. The van der Waals surface area contributed by atoms with Gasteiger partial charge in [-0.25, -0.2) is 4.39 Å². The van der Waals surface area contributed by atoms with Crippen molar-refractivity contribution in [2.24, 2.45) is 0 Å². The lowest BCUT2D eigenvalue weighted by Gasteiger charge is -2.04. The average Bonchev–Trinajstić information content (AvgIpc) is 3.04. The van der Waals surface area contributed by atoms with E-state index in [1.807, 2.05) is 12.1 Å². The number of benzene rings is 1. The molecule has 15 heavy (non-hydrogen) atoms. The van der Waals surface area contributed by atoms with E-state index in [1.54, 1.807) is 6.07 Å². The molecule has 0 amide bonds. The third kappa shape index (κ3) is 3.63. The van der Waals surface area contributed by atoms with Crippen LogP contribution in [-0.4, -0.2) is 12.6 Å². The van der Waals surface area contributed by atoms with Crippen LogP contribution in [-0.2, 0) is 6.42 Å². The summed E-state index contributed by atoms with van der Waals surface area (Å²) in [6.07, 6.45) is 5.76. The summed E-state index contributed by atoms with van der Waals surface area (Å²) in [7, 11) is 0. The molecule has 1 aliphatic carbocycles. The summed E-state index contributed by atoms with van der Waals surface area (Å²) in [4.78, 5) is 0. The Morgan fingerprint density at radius 3 is 2.73 bits per heavy atom. The third-order valence-electron chi connectivity index (χ3n) is 2.84. The first kappa shape index (κ1) is 10.6. The molecule has 1 fully saturated rings. The van der Waals surface area contributed by atoms with Gasteiger partial charge in [0.05, 0.1) is 0 Å². The lowest BCUT2D eigenvalue weighted by molar-refractivity contribution is 0.586. The van der Waals surface area contributed by atoms with Crippen LogP contribution in [0, 0.1) is 5.82 Å². The first-order valence-corrected chi connectivity index (χ1v) is 5.83. The molecule has 0 unspecified atom stereocenters. The highest BCUT2D eigenvalue weighted by Crippen LogP contribution is 2.18. The van der Waals surface area contributed by atoms with Gasteiger partial charge in [-0.2, -0.15) is 0 Å². The van der Waals surface area contributed by atoms with E-state index in [1.165, 1.54) is 18.9 Å². The Bertz CT molecular complexity index is 307. The van der Waals surface area contributed by atoms with Crippen LogP contribution in [0.5, 0.6) is 0 Å². The predicted molar refractivity (Wildman–Crippen MR) is 60.4 cm³/mol. The lowest BCUT2D eigenvalue weighted by atomic mass is 10.1. The number of aryl methyl sites for hydroxylation is 1. The van der Waals surface area contributed by atoms with Crippen molar-refractivity contribution in [1.29, 1.82) is 0 Å². The normalized spacial score (nSPS) is 15.5. The van der Waals surface area contributed by atoms with Gasteiger partial charge in [-0.05, 0) is 50.3 Å². The van der Waals surface area contributed by atoms with Crippen molar-refractivity contribution in [3.63, 3.8) is 0 Å². The fraction of sp³-hybridized carbons (Fsp3) is 0.538. The van der Waals surface area contributed by atoms with Crippen molar-refractivity contribution in [1.82, 2.24) is 5.32 Å². The maximum Gasteiger partial charge on any atom is 0.126 e. The zero-order chi connectivity index (χ0) is 10.5. The molecule has 0 atom stereocenters. The van der Waals surface area contributed by atoms with E-state index in [9.17, 15) is 4.39 Å². The minimum absolute atomic E-state index is 0.0624. The Labute approximate surface area is 90.7 Å². The van der Waals surface area contributed by atoms with Crippen LogP contribution < -0.4 is 5.32 Å². The first-order chi connectivity index (χ1) is 7.36. The van der Waals surface area contributed by atoms with Gasteiger partial charge in [0.1, 0.15) is 5.82 Å². The lowest BCUT2D eigenvalue weighted by Crippen LogP contribution is -2.17. The smallest absolute Gasteiger partial charge is 0.126 e. The van der Waals surface area contributed by atoms with E-state index < -0.39 is 0 Å². The minimum atomic E-state index is -0.0624. The van der Waals surface area contributed by atoms with Crippen LogP contribution in [0.1, 0.15) is 31.2 Å². The number of rotatable bonds is 6. The fourth-order valence-corrected chi connectivity index (χ4v) is 1.74. The molecule has 0 bridgehead atoms. The van der Waals surface area contributed by atoms with Crippen molar-refractivity contribution in [3.05, 3.63) is 35.6 Å². The number of hydrogen-bond donors (Lipinski definition) is 1. The van der Waals surface area contributed by atoms with Gasteiger partial charge >= 0.3 is 0 Å². The maximum absolute atomic E-state index is 13.2.